The van der Waals surface area contributed by atoms with E-state index in [-0.39, 0.29) is 6.04 Å². The third-order valence-corrected chi connectivity index (χ3v) is 3.87. The van der Waals surface area contributed by atoms with Crippen molar-refractivity contribution in [1.82, 2.24) is 15.3 Å². The van der Waals surface area contributed by atoms with Gasteiger partial charge < -0.3 is 5.32 Å². The van der Waals surface area contributed by atoms with Crippen molar-refractivity contribution in [3.63, 3.8) is 0 Å². The highest BCUT2D eigenvalue weighted by molar-refractivity contribution is 9.10. The first-order valence-corrected chi connectivity index (χ1v) is 6.21. The van der Waals surface area contributed by atoms with Gasteiger partial charge in [-0.25, -0.2) is 0 Å². The van der Waals surface area contributed by atoms with E-state index in [1.165, 1.54) is 5.56 Å². The zero-order valence-corrected chi connectivity index (χ0v) is 10.5. The van der Waals surface area contributed by atoms with Crippen LogP contribution in [-0.4, -0.2) is 17.0 Å². The maximum atomic E-state index is 4.31. The SMILES string of the molecule is CNC(c1cnccn1)c1cscc1Br. The molecule has 1 unspecified atom stereocenters. The monoisotopic (exact) mass is 283 g/mol. The van der Waals surface area contributed by atoms with Crippen molar-refractivity contribution in [2.75, 3.05) is 7.05 Å². The smallest absolute Gasteiger partial charge is 0.0802 e. The fourth-order valence-corrected chi connectivity index (χ4v) is 2.97. The van der Waals surface area contributed by atoms with Gasteiger partial charge in [0.2, 0.25) is 0 Å². The average Bonchev–Trinajstić information content (AvgIpc) is 2.68. The molecule has 0 fully saturated rings. The van der Waals surface area contributed by atoms with Crippen LogP contribution >= 0.6 is 27.3 Å². The summed E-state index contributed by atoms with van der Waals surface area (Å²) >= 11 is 5.20. The van der Waals surface area contributed by atoms with Gasteiger partial charge in [0.1, 0.15) is 0 Å². The lowest BCUT2D eigenvalue weighted by Gasteiger charge is -2.14. The highest BCUT2D eigenvalue weighted by Gasteiger charge is 2.16. The van der Waals surface area contributed by atoms with Crippen molar-refractivity contribution in [2.24, 2.45) is 0 Å². The molecule has 0 aliphatic rings. The summed E-state index contributed by atoms with van der Waals surface area (Å²) in [5, 5.41) is 7.41. The van der Waals surface area contributed by atoms with Crippen molar-refractivity contribution in [3.8, 4) is 0 Å². The number of nitrogens with zero attached hydrogens (tertiary/aromatic N) is 2. The maximum absolute atomic E-state index is 4.31. The van der Waals surface area contributed by atoms with Crippen LogP contribution in [0.2, 0.25) is 0 Å². The Bertz CT molecular complexity index is 429. The van der Waals surface area contributed by atoms with Crippen LogP contribution in [0.4, 0.5) is 0 Å². The first-order valence-electron chi connectivity index (χ1n) is 4.47. The van der Waals surface area contributed by atoms with Gasteiger partial charge in [0.25, 0.3) is 0 Å². The standard InChI is InChI=1S/C10H10BrN3S/c1-12-10(7-5-15-6-8(7)11)9-4-13-2-3-14-9/h2-6,10,12H,1H3. The highest BCUT2D eigenvalue weighted by atomic mass is 79.9. The lowest BCUT2D eigenvalue weighted by atomic mass is 10.1. The summed E-state index contributed by atoms with van der Waals surface area (Å²) < 4.78 is 1.11. The fraction of sp³-hybridized carbons (Fsp3) is 0.200. The minimum absolute atomic E-state index is 0.0966. The van der Waals surface area contributed by atoms with E-state index in [0.717, 1.165) is 10.2 Å². The number of hydrogen-bond donors (Lipinski definition) is 1. The molecule has 2 aromatic heterocycles. The Balaban J connectivity index is 2.37. The van der Waals surface area contributed by atoms with E-state index in [4.69, 9.17) is 0 Å². The van der Waals surface area contributed by atoms with Gasteiger partial charge >= 0.3 is 0 Å². The predicted octanol–water partition coefficient (Wildman–Crippen LogP) is 2.61. The number of thiophene rings is 1. The molecule has 0 bridgehead atoms. The molecule has 0 amide bonds. The zero-order chi connectivity index (χ0) is 10.7. The number of aromatic nitrogens is 2. The molecule has 3 nitrogen and oxygen atoms in total. The molecule has 0 saturated carbocycles. The van der Waals surface area contributed by atoms with Crippen molar-refractivity contribution >= 4 is 27.3 Å². The molecule has 1 atom stereocenters. The maximum Gasteiger partial charge on any atom is 0.0802 e. The van der Waals surface area contributed by atoms with Gasteiger partial charge in [-0.2, -0.15) is 11.3 Å². The minimum atomic E-state index is 0.0966. The molecular weight excluding hydrogens is 274 g/mol. The summed E-state index contributed by atoms with van der Waals surface area (Å²) in [6.07, 6.45) is 5.17. The van der Waals surface area contributed by atoms with Crippen molar-refractivity contribution in [3.05, 3.63) is 45.1 Å². The molecule has 2 rings (SSSR count). The lowest BCUT2D eigenvalue weighted by molar-refractivity contribution is 0.666. The quantitative estimate of drug-likeness (QED) is 0.941. The normalized spacial score (nSPS) is 12.7. The molecule has 15 heavy (non-hydrogen) atoms. The summed E-state index contributed by atoms with van der Waals surface area (Å²) in [7, 11) is 1.92. The first kappa shape index (κ1) is 10.7. The van der Waals surface area contributed by atoms with E-state index in [9.17, 15) is 0 Å². The molecule has 0 saturated heterocycles. The minimum Gasteiger partial charge on any atom is -0.308 e. The van der Waals surface area contributed by atoms with Crippen molar-refractivity contribution in [1.29, 1.82) is 0 Å². The lowest BCUT2D eigenvalue weighted by Crippen LogP contribution is -2.18. The van der Waals surface area contributed by atoms with Crippen LogP contribution in [0.15, 0.2) is 33.8 Å². The molecule has 78 valence electrons. The molecule has 0 aliphatic carbocycles. The van der Waals surface area contributed by atoms with E-state index >= 15 is 0 Å². The summed E-state index contributed by atoms with van der Waals surface area (Å²) in [5.41, 5.74) is 2.13. The van der Waals surface area contributed by atoms with E-state index < -0.39 is 0 Å². The van der Waals surface area contributed by atoms with Gasteiger partial charge in [-0.15, -0.1) is 0 Å². The Morgan fingerprint density at radius 2 is 2.27 bits per heavy atom. The molecule has 2 heterocycles. The largest absolute Gasteiger partial charge is 0.308 e. The Morgan fingerprint density at radius 1 is 1.40 bits per heavy atom. The Labute approximate surface area is 101 Å². The van der Waals surface area contributed by atoms with Crippen LogP contribution in [0.1, 0.15) is 17.3 Å². The second-order valence-electron chi connectivity index (χ2n) is 3.03. The molecule has 5 heteroatoms. The Kier molecular flexibility index (Phi) is 3.45. The zero-order valence-electron chi connectivity index (χ0n) is 8.14. The number of rotatable bonds is 3. The van der Waals surface area contributed by atoms with E-state index in [1.807, 2.05) is 7.05 Å². The summed E-state index contributed by atoms with van der Waals surface area (Å²) in [6, 6.07) is 0.0966. The van der Waals surface area contributed by atoms with E-state index in [1.54, 1.807) is 29.9 Å². The van der Waals surface area contributed by atoms with Gasteiger partial charge in [-0.3, -0.25) is 9.97 Å². The molecule has 0 spiro atoms. The van der Waals surface area contributed by atoms with Gasteiger partial charge in [0.15, 0.2) is 0 Å². The van der Waals surface area contributed by atoms with Crippen LogP contribution < -0.4 is 5.32 Å². The second-order valence-corrected chi connectivity index (χ2v) is 4.62. The van der Waals surface area contributed by atoms with Crippen LogP contribution in [0.5, 0.6) is 0 Å². The van der Waals surface area contributed by atoms with Gasteiger partial charge in [-0.05, 0) is 28.4 Å². The van der Waals surface area contributed by atoms with E-state index in [0.29, 0.717) is 0 Å². The topological polar surface area (TPSA) is 37.8 Å². The van der Waals surface area contributed by atoms with Crippen molar-refractivity contribution in [2.45, 2.75) is 6.04 Å². The third kappa shape index (κ3) is 2.25. The van der Waals surface area contributed by atoms with Crippen LogP contribution in [0, 0.1) is 0 Å². The molecule has 0 aliphatic heterocycles. The highest BCUT2D eigenvalue weighted by Crippen LogP contribution is 2.30. The first-order chi connectivity index (χ1) is 7.33. The third-order valence-electron chi connectivity index (χ3n) is 2.12. The molecule has 1 N–H and O–H groups in total. The van der Waals surface area contributed by atoms with Gasteiger partial charge in [-0.1, -0.05) is 0 Å². The summed E-state index contributed by atoms with van der Waals surface area (Å²) in [4.78, 5) is 8.38. The number of nitrogens with one attached hydrogen (secondary N) is 1. The average molecular weight is 284 g/mol. The Morgan fingerprint density at radius 3 is 2.80 bits per heavy atom. The molecule has 0 radical (unpaired) electrons. The second kappa shape index (κ2) is 4.83. The Hall–Kier alpha value is -0.780. The molecule has 2 aromatic rings. The fourth-order valence-electron chi connectivity index (χ4n) is 1.42. The number of hydrogen-bond acceptors (Lipinski definition) is 4. The number of halogens is 1. The van der Waals surface area contributed by atoms with Gasteiger partial charge in [0, 0.05) is 27.8 Å². The van der Waals surface area contributed by atoms with Crippen LogP contribution in [-0.2, 0) is 0 Å². The summed E-state index contributed by atoms with van der Waals surface area (Å²) in [5.74, 6) is 0. The summed E-state index contributed by atoms with van der Waals surface area (Å²) in [6.45, 7) is 0. The predicted molar refractivity (Wildman–Crippen MR) is 65.0 cm³/mol. The van der Waals surface area contributed by atoms with Crippen LogP contribution in [0.3, 0.4) is 0 Å². The molecular formula is C10H10BrN3S. The van der Waals surface area contributed by atoms with E-state index in [2.05, 4.69) is 42.0 Å². The van der Waals surface area contributed by atoms with Gasteiger partial charge in [0.05, 0.1) is 17.9 Å². The van der Waals surface area contributed by atoms with Crippen molar-refractivity contribution < 1.29 is 0 Å². The van der Waals surface area contributed by atoms with Crippen LogP contribution in [0.25, 0.3) is 0 Å². The molecule has 0 aromatic carbocycles.